The van der Waals surface area contributed by atoms with Gasteiger partial charge in [-0.2, -0.15) is 0 Å². The second-order valence-electron chi connectivity index (χ2n) is 15.1. The predicted octanol–water partition coefficient (Wildman–Crippen LogP) is 13.5. The Labute approximate surface area is 334 Å². The van der Waals surface area contributed by atoms with E-state index in [-0.39, 0.29) is 0 Å². The normalized spacial score (nSPS) is 12.8. The predicted molar refractivity (Wildman–Crippen MR) is 238 cm³/mol. The van der Waals surface area contributed by atoms with Crippen LogP contribution >= 0.6 is 0 Å². The number of rotatable bonds is 5. The molecule has 1 aliphatic rings. The molecule has 0 aliphatic heterocycles. The number of furan rings is 1. The Hall–Kier alpha value is -7.63. The second kappa shape index (κ2) is 13.0. The van der Waals surface area contributed by atoms with Crippen LogP contribution in [0.15, 0.2) is 180 Å². The van der Waals surface area contributed by atoms with Crippen molar-refractivity contribution in [3.63, 3.8) is 0 Å². The third kappa shape index (κ3) is 5.21. The number of hydrogen-bond acceptors (Lipinski definition) is 4. The van der Waals surface area contributed by atoms with E-state index in [9.17, 15) is 0 Å². The van der Waals surface area contributed by atoms with Crippen LogP contribution in [0.4, 0.5) is 0 Å². The summed E-state index contributed by atoms with van der Waals surface area (Å²) >= 11 is 0. The van der Waals surface area contributed by atoms with Crippen LogP contribution in [-0.4, -0.2) is 19.5 Å². The molecule has 58 heavy (non-hydrogen) atoms. The van der Waals surface area contributed by atoms with Crippen molar-refractivity contribution in [2.24, 2.45) is 0 Å². The molecule has 0 atom stereocenters. The first-order valence-corrected chi connectivity index (χ1v) is 19.8. The van der Waals surface area contributed by atoms with Crippen LogP contribution in [0.25, 0.3) is 106 Å². The fourth-order valence-corrected chi connectivity index (χ4v) is 8.94. The highest BCUT2D eigenvalue weighted by atomic mass is 16.3. The highest BCUT2D eigenvalue weighted by Crippen LogP contribution is 2.42. The van der Waals surface area contributed by atoms with Gasteiger partial charge in [0.25, 0.3) is 0 Å². The number of fused-ring (bicyclic) bond motifs is 8. The van der Waals surface area contributed by atoms with E-state index in [1.165, 1.54) is 38.4 Å². The minimum Gasteiger partial charge on any atom is -0.454 e. The molecule has 3 aromatic heterocycles. The van der Waals surface area contributed by atoms with Gasteiger partial charge in [0.2, 0.25) is 0 Å². The molecule has 0 radical (unpaired) electrons. The molecule has 11 aromatic rings. The van der Waals surface area contributed by atoms with Gasteiger partial charge < -0.3 is 8.98 Å². The summed E-state index contributed by atoms with van der Waals surface area (Å²) in [7, 11) is 0. The lowest BCUT2D eigenvalue weighted by atomic mass is 9.92. The molecule has 5 nitrogen and oxygen atoms in total. The Bertz CT molecular complexity index is 3460. The third-order valence-corrected chi connectivity index (χ3v) is 11.7. The Kier molecular flexibility index (Phi) is 7.29. The lowest BCUT2D eigenvalue weighted by Gasteiger charge is -2.17. The van der Waals surface area contributed by atoms with Crippen molar-refractivity contribution < 1.29 is 4.42 Å². The maximum atomic E-state index is 6.91. The fourth-order valence-electron chi connectivity index (χ4n) is 8.94. The van der Waals surface area contributed by atoms with Crippen molar-refractivity contribution in [3.8, 4) is 39.6 Å². The molecule has 0 spiro atoms. The molecule has 0 bridgehead atoms. The highest BCUT2D eigenvalue weighted by Gasteiger charge is 2.23. The molecular weight excluding hydrogens is 709 g/mol. The van der Waals surface area contributed by atoms with Crippen molar-refractivity contribution in [2.75, 3.05) is 0 Å². The smallest absolute Gasteiger partial charge is 0.164 e. The first-order valence-electron chi connectivity index (χ1n) is 19.8. The number of allylic oxidation sites excluding steroid dienone is 1. The van der Waals surface area contributed by atoms with Gasteiger partial charge in [-0.15, -0.1) is 0 Å². The zero-order valence-electron chi connectivity index (χ0n) is 31.4. The summed E-state index contributed by atoms with van der Waals surface area (Å²) in [6.45, 7) is 0. The summed E-state index contributed by atoms with van der Waals surface area (Å²) in [6, 6.07) is 62.1. The van der Waals surface area contributed by atoms with Crippen molar-refractivity contribution in [3.05, 3.63) is 193 Å². The average molecular weight is 743 g/mol. The molecule has 3 heterocycles. The van der Waals surface area contributed by atoms with Crippen LogP contribution in [-0.2, 0) is 6.42 Å². The van der Waals surface area contributed by atoms with E-state index in [0.29, 0.717) is 17.5 Å². The van der Waals surface area contributed by atoms with Gasteiger partial charge in [-0.05, 0) is 93.9 Å². The third-order valence-electron chi connectivity index (χ3n) is 11.7. The van der Waals surface area contributed by atoms with Crippen LogP contribution in [0.3, 0.4) is 0 Å². The topological polar surface area (TPSA) is 56.7 Å². The number of nitrogens with zero attached hydrogens (tertiary/aromatic N) is 4. The van der Waals surface area contributed by atoms with E-state index in [1.54, 1.807) is 0 Å². The zero-order chi connectivity index (χ0) is 38.2. The fraction of sp³-hybridized carbons (Fsp3) is 0.0377. The second-order valence-corrected chi connectivity index (χ2v) is 15.1. The summed E-state index contributed by atoms with van der Waals surface area (Å²) in [5.41, 5.74) is 12.8. The molecule has 1 aliphatic carbocycles. The van der Waals surface area contributed by atoms with Crippen molar-refractivity contribution in [1.82, 2.24) is 19.5 Å². The summed E-state index contributed by atoms with van der Waals surface area (Å²) in [5.74, 6) is 1.97. The monoisotopic (exact) mass is 742 g/mol. The van der Waals surface area contributed by atoms with Gasteiger partial charge >= 0.3 is 0 Å². The summed E-state index contributed by atoms with van der Waals surface area (Å²) in [6.07, 6.45) is 4.04. The molecule has 272 valence electrons. The summed E-state index contributed by atoms with van der Waals surface area (Å²) < 4.78 is 9.25. The van der Waals surface area contributed by atoms with E-state index in [0.717, 1.165) is 73.6 Å². The van der Waals surface area contributed by atoms with Gasteiger partial charge in [-0.25, -0.2) is 15.0 Å². The largest absolute Gasteiger partial charge is 0.454 e. The molecule has 0 unspecified atom stereocenters. The maximum Gasteiger partial charge on any atom is 0.164 e. The van der Waals surface area contributed by atoms with E-state index >= 15 is 0 Å². The molecule has 0 amide bonds. The van der Waals surface area contributed by atoms with Gasteiger partial charge in [0.15, 0.2) is 23.1 Å². The minimum atomic E-state index is 0.622. The highest BCUT2D eigenvalue weighted by molar-refractivity contribution is 6.16. The first kappa shape index (κ1) is 32.6. The van der Waals surface area contributed by atoms with Crippen LogP contribution in [0, 0.1) is 0 Å². The number of aryl methyl sites for hydroxylation is 1. The van der Waals surface area contributed by atoms with Gasteiger partial charge in [-0.3, -0.25) is 0 Å². The molecule has 12 rings (SSSR count). The van der Waals surface area contributed by atoms with Crippen LogP contribution in [0.1, 0.15) is 23.4 Å². The van der Waals surface area contributed by atoms with Gasteiger partial charge in [0.1, 0.15) is 5.58 Å². The standard InChI is InChI=1S/C53H34N4O/c1-2-12-33(13-3-1)38-28-29-46-44(32-38)41-18-8-9-21-45(41)57(46)47-22-10-19-42-49-43(20-11-23-48(49)58-50(42)47)53-55-51(39-26-24-34-14-4-6-16-36(34)30-39)54-52(56-53)40-27-25-35-15-5-7-17-37(35)31-40/h1-24,26,28-32H,25,27H2. The average Bonchev–Trinajstić information content (AvgIpc) is 3.85. The Morgan fingerprint density at radius 1 is 0.466 bits per heavy atom. The lowest BCUT2D eigenvalue weighted by molar-refractivity contribution is 0.666. The van der Waals surface area contributed by atoms with E-state index in [2.05, 4.69) is 174 Å². The molecule has 0 saturated carbocycles. The summed E-state index contributed by atoms with van der Waals surface area (Å²) in [5, 5.41) is 6.71. The van der Waals surface area contributed by atoms with E-state index in [4.69, 9.17) is 19.4 Å². The Balaban J connectivity index is 1.07. The molecule has 0 N–H and O–H groups in total. The van der Waals surface area contributed by atoms with E-state index in [1.807, 2.05) is 12.1 Å². The quantitative estimate of drug-likeness (QED) is 0.176. The van der Waals surface area contributed by atoms with E-state index < -0.39 is 0 Å². The number of benzene rings is 8. The van der Waals surface area contributed by atoms with Gasteiger partial charge in [-0.1, -0.05) is 140 Å². The molecule has 8 aromatic carbocycles. The van der Waals surface area contributed by atoms with Gasteiger partial charge in [0.05, 0.1) is 16.7 Å². The Morgan fingerprint density at radius 3 is 2.16 bits per heavy atom. The Morgan fingerprint density at radius 2 is 1.21 bits per heavy atom. The van der Waals surface area contributed by atoms with Crippen LogP contribution < -0.4 is 0 Å². The first-order chi connectivity index (χ1) is 28.7. The molecular formula is C53H34N4O. The minimum absolute atomic E-state index is 0.622. The summed E-state index contributed by atoms with van der Waals surface area (Å²) in [4.78, 5) is 15.7. The number of hydrogen-bond donors (Lipinski definition) is 0. The molecule has 0 fully saturated rings. The van der Waals surface area contributed by atoms with Crippen LogP contribution in [0.2, 0.25) is 0 Å². The number of para-hydroxylation sites is 2. The molecule has 0 saturated heterocycles. The number of aromatic nitrogens is 4. The zero-order valence-corrected chi connectivity index (χ0v) is 31.4. The van der Waals surface area contributed by atoms with Crippen molar-refractivity contribution in [1.29, 1.82) is 0 Å². The van der Waals surface area contributed by atoms with Crippen molar-refractivity contribution in [2.45, 2.75) is 12.8 Å². The lowest BCUT2D eigenvalue weighted by Crippen LogP contribution is -2.06. The van der Waals surface area contributed by atoms with Crippen LogP contribution in [0.5, 0.6) is 0 Å². The SMILES string of the molecule is C1=C(c2nc(-c3ccc4ccccc4c3)nc(-c3cccc4oc5c(-n6c7ccccc7c7cc(-c8ccccc8)ccc76)cccc5c34)n2)CCc2ccccc21. The molecule has 5 heteroatoms. The van der Waals surface area contributed by atoms with Crippen molar-refractivity contribution >= 4 is 66.2 Å². The maximum absolute atomic E-state index is 6.91. The van der Waals surface area contributed by atoms with Gasteiger partial charge in [0, 0.05) is 32.7 Å².